The van der Waals surface area contributed by atoms with Crippen molar-refractivity contribution in [3.63, 3.8) is 0 Å². The van der Waals surface area contributed by atoms with Gasteiger partial charge < -0.3 is 13.9 Å². The normalized spacial score (nSPS) is 15.9. The van der Waals surface area contributed by atoms with Crippen LogP contribution in [0.15, 0.2) is 60.8 Å². The number of hydrogen-bond donors (Lipinski definition) is 0. The van der Waals surface area contributed by atoms with Crippen LogP contribution >= 0.6 is 0 Å². The Labute approximate surface area is 196 Å². The summed E-state index contributed by atoms with van der Waals surface area (Å²) in [7, 11) is 1.67. The van der Waals surface area contributed by atoms with Crippen molar-refractivity contribution >= 4 is 11.2 Å². The van der Waals surface area contributed by atoms with Crippen molar-refractivity contribution in [3.8, 4) is 17.6 Å². The highest BCUT2D eigenvalue weighted by atomic mass is 19.1. The van der Waals surface area contributed by atoms with Crippen LogP contribution in [0.5, 0.6) is 11.5 Å². The predicted molar refractivity (Wildman–Crippen MR) is 126 cm³/mol. The zero-order valence-electron chi connectivity index (χ0n) is 18.7. The molecule has 0 unspecified atom stereocenters. The van der Waals surface area contributed by atoms with Gasteiger partial charge >= 0.3 is 0 Å². The Hall–Kier alpha value is -4.11. The molecule has 6 heteroatoms. The number of ether oxygens (including phenoxy) is 2. The van der Waals surface area contributed by atoms with Crippen molar-refractivity contribution in [1.82, 2.24) is 9.38 Å². The van der Waals surface area contributed by atoms with Gasteiger partial charge in [0.1, 0.15) is 18.2 Å². The lowest BCUT2D eigenvalue weighted by molar-refractivity contribution is 0.305. The average Bonchev–Trinajstić information content (AvgIpc) is 3.65. The second kappa shape index (κ2) is 8.03. The van der Waals surface area contributed by atoms with E-state index < -0.39 is 0 Å². The Bertz CT molecular complexity index is 1510. The summed E-state index contributed by atoms with van der Waals surface area (Å²) in [5.74, 6) is 1.35. The fraction of sp³-hybridized carbons (Fsp3) is 0.214. The van der Waals surface area contributed by atoms with Gasteiger partial charge in [0.15, 0.2) is 11.4 Å². The lowest BCUT2D eigenvalue weighted by atomic mass is 9.92. The third-order valence-electron chi connectivity index (χ3n) is 6.59. The highest BCUT2D eigenvalue weighted by molar-refractivity contribution is 5.86. The molecule has 0 atom stereocenters. The lowest BCUT2D eigenvalue weighted by Crippen LogP contribution is -2.01. The van der Waals surface area contributed by atoms with E-state index in [-0.39, 0.29) is 5.82 Å². The molecule has 0 spiro atoms. The molecule has 0 radical (unpaired) electrons. The first-order chi connectivity index (χ1) is 16.7. The van der Waals surface area contributed by atoms with Crippen LogP contribution in [0, 0.1) is 17.1 Å². The number of fused-ring (bicyclic) bond motifs is 3. The van der Waals surface area contributed by atoms with Crippen LogP contribution in [-0.2, 0) is 13.0 Å². The van der Waals surface area contributed by atoms with E-state index in [0.717, 1.165) is 57.8 Å². The summed E-state index contributed by atoms with van der Waals surface area (Å²) in [6.45, 7) is 0.304. The first-order valence-corrected chi connectivity index (χ1v) is 11.3. The van der Waals surface area contributed by atoms with E-state index in [9.17, 15) is 9.65 Å². The summed E-state index contributed by atoms with van der Waals surface area (Å²) in [4.78, 5) is 4.95. The maximum absolute atomic E-state index is 13.9. The summed E-state index contributed by atoms with van der Waals surface area (Å²) < 4.78 is 27.5. The molecule has 1 aliphatic carbocycles. The van der Waals surface area contributed by atoms with Crippen LogP contribution < -0.4 is 9.47 Å². The molecular formula is C28H22FN3O2. The molecule has 6 rings (SSSR count). The highest BCUT2D eigenvalue weighted by Gasteiger charge is 2.31. The topological polar surface area (TPSA) is 59.5 Å². The number of allylic oxidation sites excluding steroid dienone is 1. The van der Waals surface area contributed by atoms with Crippen LogP contribution in [0.25, 0.3) is 11.2 Å². The summed E-state index contributed by atoms with van der Waals surface area (Å²) in [6, 6.07) is 16.7. The minimum absolute atomic E-state index is 0.304. The zero-order chi connectivity index (χ0) is 23.2. The number of pyridine rings is 1. The summed E-state index contributed by atoms with van der Waals surface area (Å²) in [6.07, 6.45) is 6.58. The molecule has 3 heterocycles. The number of methoxy groups -OCH3 is 1. The van der Waals surface area contributed by atoms with Crippen molar-refractivity contribution in [3.05, 3.63) is 100 Å². The summed E-state index contributed by atoms with van der Waals surface area (Å²) in [5, 5.41) is 9.41. The second-order valence-corrected chi connectivity index (χ2v) is 8.77. The number of hydrogen-bond acceptors (Lipinski definition) is 4. The van der Waals surface area contributed by atoms with Gasteiger partial charge in [0, 0.05) is 41.8 Å². The van der Waals surface area contributed by atoms with E-state index in [0.29, 0.717) is 24.7 Å². The predicted octanol–water partition coefficient (Wildman–Crippen LogP) is 5.80. The molecule has 0 bridgehead atoms. The number of rotatable bonds is 4. The summed E-state index contributed by atoms with van der Waals surface area (Å²) >= 11 is 0. The zero-order valence-corrected chi connectivity index (χ0v) is 18.7. The van der Waals surface area contributed by atoms with Gasteiger partial charge in [0.2, 0.25) is 0 Å². The van der Waals surface area contributed by atoms with Gasteiger partial charge in [0.05, 0.1) is 24.6 Å². The average molecular weight is 452 g/mol. The first kappa shape index (κ1) is 20.5. The lowest BCUT2D eigenvalue weighted by Gasteiger charge is -2.11. The number of aromatic nitrogens is 2. The quantitative estimate of drug-likeness (QED) is 0.368. The number of halogens is 1. The number of imidazole rings is 1. The van der Waals surface area contributed by atoms with E-state index in [1.54, 1.807) is 13.2 Å². The molecule has 168 valence electrons. The molecule has 5 nitrogen and oxygen atoms in total. The Morgan fingerprint density at radius 3 is 2.85 bits per heavy atom. The molecule has 34 heavy (non-hydrogen) atoms. The van der Waals surface area contributed by atoms with Gasteiger partial charge in [-0.1, -0.05) is 18.2 Å². The third kappa shape index (κ3) is 3.41. The van der Waals surface area contributed by atoms with Crippen molar-refractivity contribution in [1.29, 1.82) is 5.26 Å². The Kier molecular flexibility index (Phi) is 4.84. The Balaban J connectivity index is 1.43. The third-order valence-corrected chi connectivity index (χ3v) is 6.59. The molecule has 0 amide bonds. The maximum atomic E-state index is 13.9. The molecule has 0 saturated heterocycles. The number of nitriles is 1. The fourth-order valence-electron chi connectivity index (χ4n) is 4.82. The fourth-order valence-corrected chi connectivity index (χ4v) is 4.82. The van der Waals surface area contributed by atoms with Crippen LogP contribution in [0.1, 0.15) is 52.4 Å². The molecule has 2 aromatic heterocycles. The number of benzene rings is 2. The van der Waals surface area contributed by atoms with Crippen LogP contribution in [0.3, 0.4) is 0 Å². The maximum Gasteiger partial charge on any atom is 0.180 e. The minimum atomic E-state index is -0.364. The molecule has 0 N–H and O–H groups in total. The van der Waals surface area contributed by atoms with Crippen LogP contribution in [0.2, 0.25) is 0 Å². The van der Waals surface area contributed by atoms with Crippen LogP contribution in [-0.4, -0.2) is 16.5 Å². The highest BCUT2D eigenvalue weighted by Crippen LogP contribution is 2.43. The smallest absolute Gasteiger partial charge is 0.180 e. The standard InChI is InChI=1S/C28H22FN3O2/c1-33-25-3-2-12-32-24(27(18-5-6-18)31-28(25)32)14-17-4-8-21-19(13-17)16-34-26-15-20(29)7-9-23(26)22(21)10-11-30/h2-4,7-10,12-13,15,18H,5-6,14,16H2,1H3. The molecule has 1 saturated carbocycles. The van der Waals surface area contributed by atoms with Gasteiger partial charge in [-0.3, -0.25) is 0 Å². The molecule has 1 fully saturated rings. The largest absolute Gasteiger partial charge is 0.493 e. The Morgan fingerprint density at radius 2 is 2.06 bits per heavy atom. The van der Waals surface area contributed by atoms with Gasteiger partial charge in [-0.2, -0.15) is 5.26 Å². The van der Waals surface area contributed by atoms with Crippen molar-refractivity contribution in [2.24, 2.45) is 0 Å². The Morgan fingerprint density at radius 1 is 1.21 bits per heavy atom. The number of nitrogens with zero attached hydrogens (tertiary/aromatic N) is 3. The van der Waals surface area contributed by atoms with Crippen molar-refractivity contribution < 1.29 is 13.9 Å². The van der Waals surface area contributed by atoms with E-state index in [1.165, 1.54) is 23.9 Å². The van der Waals surface area contributed by atoms with Crippen molar-refractivity contribution in [2.45, 2.75) is 31.8 Å². The van der Waals surface area contributed by atoms with Gasteiger partial charge in [-0.25, -0.2) is 9.37 Å². The molecule has 2 aromatic carbocycles. The monoisotopic (exact) mass is 451 g/mol. The van der Waals surface area contributed by atoms with Crippen molar-refractivity contribution in [2.75, 3.05) is 7.11 Å². The van der Waals surface area contributed by atoms with Crippen LogP contribution in [0.4, 0.5) is 4.39 Å². The minimum Gasteiger partial charge on any atom is -0.493 e. The van der Waals surface area contributed by atoms with E-state index in [2.05, 4.69) is 22.6 Å². The molecule has 2 aliphatic rings. The molecule has 1 aliphatic heterocycles. The summed E-state index contributed by atoms with van der Waals surface area (Å²) in [5.41, 5.74) is 7.65. The van der Waals surface area contributed by atoms with Gasteiger partial charge in [-0.15, -0.1) is 0 Å². The first-order valence-electron chi connectivity index (χ1n) is 11.3. The molecule has 4 aromatic rings. The molecular weight excluding hydrogens is 429 g/mol. The van der Waals surface area contributed by atoms with E-state index >= 15 is 0 Å². The van der Waals surface area contributed by atoms with E-state index in [4.69, 9.17) is 14.5 Å². The van der Waals surface area contributed by atoms with E-state index in [1.807, 2.05) is 24.4 Å². The second-order valence-electron chi connectivity index (χ2n) is 8.77. The van der Waals surface area contributed by atoms with Gasteiger partial charge in [0.25, 0.3) is 0 Å². The van der Waals surface area contributed by atoms with Gasteiger partial charge in [-0.05, 0) is 53.8 Å². The SMILES string of the molecule is COc1cccn2c(Cc3ccc4c(c3)COc3cc(F)ccc3C4=CC#N)c(C3CC3)nc12.